The van der Waals surface area contributed by atoms with Gasteiger partial charge in [0, 0.05) is 18.3 Å². The van der Waals surface area contributed by atoms with Crippen molar-refractivity contribution in [3.05, 3.63) is 72.9 Å². The Labute approximate surface area is 207 Å². The number of aromatic amines is 1. The lowest BCUT2D eigenvalue weighted by atomic mass is 9.91. The highest BCUT2D eigenvalue weighted by Gasteiger charge is 2.33. The van der Waals surface area contributed by atoms with E-state index in [1.54, 1.807) is 19.2 Å². The van der Waals surface area contributed by atoms with Crippen LogP contribution in [0.25, 0.3) is 5.69 Å². The van der Waals surface area contributed by atoms with Crippen molar-refractivity contribution in [3.63, 3.8) is 0 Å². The summed E-state index contributed by atoms with van der Waals surface area (Å²) >= 11 is 0. The van der Waals surface area contributed by atoms with Crippen molar-refractivity contribution in [2.75, 3.05) is 34.0 Å². The van der Waals surface area contributed by atoms with Gasteiger partial charge in [0.2, 0.25) is 18.4 Å². The Hall–Kier alpha value is -4.05. The number of fused-ring (bicyclic) bond motifs is 2. The number of rotatable bonds is 5. The van der Waals surface area contributed by atoms with Gasteiger partial charge >= 0.3 is 5.69 Å². The minimum atomic E-state index is -0.723. The van der Waals surface area contributed by atoms with Crippen molar-refractivity contribution >= 4 is 6.21 Å². The average Bonchev–Trinajstić information content (AvgIpc) is 3.31. The van der Waals surface area contributed by atoms with Crippen molar-refractivity contribution in [1.29, 1.82) is 0 Å². The van der Waals surface area contributed by atoms with Gasteiger partial charge in [0.25, 0.3) is 5.56 Å². The second-order valence-corrected chi connectivity index (χ2v) is 9.06. The van der Waals surface area contributed by atoms with Crippen LogP contribution in [-0.2, 0) is 6.42 Å². The number of aromatic hydroxyl groups is 1. The molecule has 0 bridgehead atoms. The minimum Gasteiger partial charge on any atom is -0.493 e. The molecule has 2 aromatic carbocycles. The van der Waals surface area contributed by atoms with Crippen LogP contribution in [0, 0.1) is 13.8 Å². The van der Waals surface area contributed by atoms with Crippen LogP contribution >= 0.6 is 0 Å². The summed E-state index contributed by atoms with van der Waals surface area (Å²) in [5.74, 6) is 1.40. The maximum atomic E-state index is 12.6. The molecule has 2 N–H and O–H groups in total. The van der Waals surface area contributed by atoms with E-state index < -0.39 is 17.1 Å². The van der Waals surface area contributed by atoms with Crippen molar-refractivity contribution < 1.29 is 19.3 Å². The Morgan fingerprint density at radius 1 is 1.22 bits per heavy atom. The third kappa shape index (κ3) is 3.93. The van der Waals surface area contributed by atoms with Gasteiger partial charge in [-0.25, -0.2) is 9.36 Å². The van der Waals surface area contributed by atoms with Crippen LogP contribution in [0.5, 0.6) is 23.1 Å². The molecule has 1 aromatic heterocycles. The first-order valence-corrected chi connectivity index (χ1v) is 11.7. The molecule has 10 heteroatoms. The molecule has 0 radical (unpaired) electrons. The lowest BCUT2D eigenvalue weighted by molar-refractivity contribution is 0.170. The molecule has 0 spiro atoms. The van der Waals surface area contributed by atoms with Crippen LogP contribution in [0.15, 0.2) is 38.8 Å². The number of H-pyrrole nitrogens is 1. The highest BCUT2D eigenvalue weighted by Crippen LogP contribution is 2.49. The molecule has 3 aromatic rings. The van der Waals surface area contributed by atoms with E-state index in [0.29, 0.717) is 29.5 Å². The molecule has 0 saturated carbocycles. The van der Waals surface area contributed by atoms with E-state index in [1.807, 2.05) is 33.0 Å². The summed E-state index contributed by atoms with van der Waals surface area (Å²) in [7, 11) is 3.59. The fraction of sp³-hybridized carbons (Fsp3) is 0.346. The van der Waals surface area contributed by atoms with Gasteiger partial charge in [-0.05, 0) is 62.2 Å². The number of aryl methyl sites for hydroxylation is 2. The normalized spacial score (nSPS) is 16.9. The van der Waals surface area contributed by atoms with Gasteiger partial charge in [0.05, 0.1) is 25.4 Å². The molecule has 1 atom stereocenters. The van der Waals surface area contributed by atoms with E-state index in [2.05, 4.69) is 14.9 Å². The molecule has 2 aliphatic rings. The van der Waals surface area contributed by atoms with Crippen molar-refractivity contribution in [2.45, 2.75) is 26.3 Å². The summed E-state index contributed by atoms with van der Waals surface area (Å²) in [5.41, 5.74) is 2.99. The van der Waals surface area contributed by atoms with Crippen LogP contribution in [0.3, 0.4) is 0 Å². The van der Waals surface area contributed by atoms with E-state index in [0.717, 1.165) is 39.8 Å². The molecule has 36 heavy (non-hydrogen) atoms. The first kappa shape index (κ1) is 23.7. The molecule has 0 unspecified atom stereocenters. The zero-order valence-corrected chi connectivity index (χ0v) is 20.6. The Bertz CT molecular complexity index is 1490. The molecule has 3 heterocycles. The van der Waals surface area contributed by atoms with Crippen LogP contribution < -0.4 is 25.5 Å². The Morgan fingerprint density at radius 3 is 2.78 bits per heavy atom. The van der Waals surface area contributed by atoms with Crippen LogP contribution in [-0.4, -0.2) is 59.8 Å². The summed E-state index contributed by atoms with van der Waals surface area (Å²) in [6, 6.07) is 7.18. The molecular formula is C26H28N4O6. The fourth-order valence-electron chi connectivity index (χ4n) is 4.76. The van der Waals surface area contributed by atoms with E-state index in [-0.39, 0.29) is 18.4 Å². The third-order valence-electron chi connectivity index (χ3n) is 6.92. The molecular weight excluding hydrogens is 464 g/mol. The number of aromatic nitrogens is 2. The van der Waals surface area contributed by atoms with Gasteiger partial charge in [0.15, 0.2) is 11.5 Å². The minimum absolute atomic E-state index is 0.0934. The number of nitrogens with one attached hydrogen (secondary N) is 1. The van der Waals surface area contributed by atoms with E-state index in [1.165, 1.54) is 6.21 Å². The van der Waals surface area contributed by atoms with Gasteiger partial charge in [-0.15, -0.1) is 0 Å². The number of hydrogen-bond acceptors (Lipinski definition) is 8. The molecule has 5 rings (SSSR count). The van der Waals surface area contributed by atoms with Gasteiger partial charge in [-0.2, -0.15) is 0 Å². The van der Waals surface area contributed by atoms with Crippen LogP contribution in [0.1, 0.15) is 33.9 Å². The van der Waals surface area contributed by atoms with Gasteiger partial charge in [0.1, 0.15) is 5.56 Å². The zero-order valence-electron chi connectivity index (χ0n) is 20.6. The van der Waals surface area contributed by atoms with Gasteiger partial charge in [-0.3, -0.25) is 19.7 Å². The smallest absolute Gasteiger partial charge is 0.335 e. The monoisotopic (exact) mass is 492 g/mol. The number of methoxy groups -OCH3 is 1. The van der Waals surface area contributed by atoms with Crippen LogP contribution in [0.4, 0.5) is 0 Å². The highest BCUT2D eigenvalue weighted by atomic mass is 16.7. The predicted octanol–water partition coefficient (Wildman–Crippen LogP) is 2.23. The average molecular weight is 493 g/mol. The van der Waals surface area contributed by atoms with E-state index in [9.17, 15) is 14.7 Å². The summed E-state index contributed by atoms with van der Waals surface area (Å²) in [6.45, 7) is 5.11. The van der Waals surface area contributed by atoms with E-state index >= 15 is 0 Å². The quantitative estimate of drug-likeness (QED) is 0.525. The van der Waals surface area contributed by atoms with Gasteiger partial charge < -0.3 is 19.3 Å². The molecule has 0 saturated heterocycles. The number of benzene rings is 2. The number of hydrogen-bond donors (Lipinski definition) is 2. The largest absolute Gasteiger partial charge is 0.493 e. The Kier molecular flexibility index (Phi) is 6.05. The fourth-order valence-corrected chi connectivity index (χ4v) is 4.76. The maximum Gasteiger partial charge on any atom is 0.335 e. The first-order valence-electron chi connectivity index (χ1n) is 11.7. The summed E-state index contributed by atoms with van der Waals surface area (Å²) < 4.78 is 18.0. The number of likely N-dealkylation sites (N-methyl/N-ethyl adjacent to an activating group) is 1. The molecule has 188 valence electrons. The SMILES string of the molecule is COc1c2c(cc3c1[C@H](CN=Cc1c(O)n(-c4ccc(C)c(C)c4)c(=O)[nH]c1=O)N(C)CC3)OCO2. The molecule has 0 fully saturated rings. The Balaban J connectivity index is 1.51. The van der Waals surface area contributed by atoms with Crippen molar-refractivity contribution in [1.82, 2.24) is 14.5 Å². The lowest BCUT2D eigenvalue weighted by Crippen LogP contribution is -2.34. The molecule has 0 amide bonds. The number of aliphatic imine (C=N–C) groups is 1. The highest BCUT2D eigenvalue weighted by molar-refractivity contribution is 5.82. The lowest BCUT2D eigenvalue weighted by Gasteiger charge is -2.35. The molecule has 2 aliphatic heterocycles. The second kappa shape index (κ2) is 9.19. The van der Waals surface area contributed by atoms with Gasteiger partial charge in [-0.1, -0.05) is 6.07 Å². The number of ether oxygens (including phenoxy) is 3. The second-order valence-electron chi connectivity index (χ2n) is 9.06. The number of nitrogens with zero attached hydrogens (tertiary/aromatic N) is 3. The standard InChI is InChI=1S/C26H28N4O6/c1-14-5-6-17(9-15(14)2)30-25(32)18(24(31)28-26(30)33)11-27-12-19-21-16(7-8-29(19)3)10-20-22(23(21)34-4)36-13-35-20/h5-6,9-11,19,32H,7-8,12-13H2,1-4H3,(H,28,31,33)/t19-/m0/s1. The van der Waals surface area contributed by atoms with E-state index in [4.69, 9.17) is 14.2 Å². The third-order valence-corrected chi connectivity index (χ3v) is 6.92. The zero-order chi connectivity index (χ0) is 25.6. The van der Waals surface area contributed by atoms with Crippen LogP contribution in [0.2, 0.25) is 0 Å². The topological polar surface area (TPSA) is 118 Å². The summed E-state index contributed by atoms with van der Waals surface area (Å²) in [4.78, 5) is 34.0. The maximum absolute atomic E-state index is 12.6. The molecule has 10 nitrogen and oxygen atoms in total. The predicted molar refractivity (Wildman–Crippen MR) is 134 cm³/mol. The summed E-state index contributed by atoms with van der Waals surface area (Å²) in [6.07, 6.45) is 2.13. The molecule has 0 aliphatic carbocycles. The summed E-state index contributed by atoms with van der Waals surface area (Å²) in [5, 5.41) is 10.9. The van der Waals surface area contributed by atoms with Crippen molar-refractivity contribution in [2.24, 2.45) is 4.99 Å². The Morgan fingerprint density at radius 2 is 2.03 bits per heavy atom. The first-order chi connectivity index (χ1) is 17.3. The van der Waals surface area contributed by atoms with Crippen molar-refractivity contribution in [3.8, 4) is 28.8 Å².